The van der Waals surface area contributed by atoms with Crippen LogP contribution in [-0.2, 0) is 9.30 Å². The van der Waals surface area contributed by atoms with Crippen molar-refractivity contribution in [2.45, 2.75) is 19.8 Å². The average Bonchev–Trinajstić information content (AvgIpc) is 2.63. The molecule has 0 amide bonds. The Kier molecular flexibility index (Phi) is 5.34. The van der Waals surface area contributed by atoms with Gasteiger partial charge in [0.2, 0.25) is 0 Å². The molecule has 24 heavy (non-hydrogen) atoms. The molecular weight excluding hydrogens is 317 g/mol. The average molecular weight is 339 g/mol. The zero-order valence-electron chi connectivity index (χ0n) is 13.8. The van der Waals surface area contributed by atoms with Crippen molar-refractivity contribution >= 4 is 18.8 Å². The highest BCUT2D eigenvalue weighted by Crippen LogP contribution is 2.53. The minimum atomic E-state index is -2.79. The van der Waals surface area contributed by atoms with Crippen molar-refractivity contribution in [1.82, 2.24) is 5.09 Å². The second-order valence-corrected chi connectivity index (χ2v) is 8.04. The van der Waals surface area contributed by atoms with Gasteiger partial charge < -0.3 is 4.74 Å². The van der Waals surface area contributed by atoms with Gasteiger partial charge in [0, 0.05) is 29.3 Å². The maximum Gasteiger partial charge on any atom is 0.198 e. The smallest absolute Gasteiger partial charge is 0.198 e. The summed E-state index contributed by atoms with van der Waals surface area (Å²) in [5.74, 6) is 4.77. The minimum Gasteiger partial charge on any atom is -0.456 e. The standard InChI is InChI=1S/C20H22NO2P/c1-2-3-14-21-24(22)15-19(17-10-6-4-7-11-17)23-20(16-24)18-12-8-5-9-13-18/h4-13,15-16H,2-3,14H2,1H3,(H,21,22). The van der Waals surface area contributed by atoms with Gasteiger partial charge in [-0.25, -0.2) is 0 Å². The van der Waals surface area contributed by atoms with Crippen LogP contribution < -0.4 is 5.09 Å². The molecule has 2 aromatic rings. The van der Waals surface area contributed by atoms with E-state index in [4.69, 9.17) is 4.74 Å². The SMILES string of the molecule is CCCCNP1(=O)C=C(c2ccccc2)OC(c2ccccc2)=C1. The zero-order valence-corrected chi connectivity index (χ0v) is 14.7. The molecule has 1 N–H and O–H groups in total. The van der Waals surface area contributed by atoms with Crippen molar-refractivity contribution in [2.24, 2.45) is 0 Å². The van der Waals surface area contributed by atoms with Gasteiger partial charge in [-0.2, -0.15) is 0 Å². The fourth-order valence-corrected chi connectivity index (χ4v) is 4.42. The van der Waals surface area contributed by atoms with Gasteiger partial charge in [0.05, 0.1) is 0 Å². The molecule has 1 heterocycles. The maximum absolute atomic E-state index is 13.3. The van der Waals surface area contributed by atoms with Crippen LogP contribution in [0.15, 0.2) is 72.3 Å². The molecule has 2 aromatic carbocycles. The van der Waals surface area contributed by atoms with E-state index in [0.29, 0.717) is 11.5 Å². The molecule has 124 valence electrons. The molecular formula is C20H22NO2P. The number of benzene rings is 2. The Morgan fingerprint density at radius 1 is 0.875 bits per heavy atom. The van der Waals surface area contributed by atoms with Gasteiger partial charge in [-0.1, -0.05) is 74.0 Å². The molecule has 0 saturated heterocycles. The van der Waals surface area contributed by atoms with Crippen molar-refractivity contribution in [1.29, 1.82) is 0 Å². The predicted molar refractivity (Wildman–Crippen MR) is 100 cm³/mol. The van der Waals surface area contributed by atoms with Crippen LogP contribution in [0.4, 0.5) is 0 Å². The lowest BCUT2D eigenvalue weighted by atomic mass is 10.2. The Bertz CT molecular complexity index is 722. The van der Waals surface area contributed by atoms with Crippen LogP contribution in [0.5, 0.6) is 0 Å². The Hall–Kier alpha value is -2.09. The van der Waals surface area contributed by atoms with E-state index in [0.717, 1.165) is 30.5 Å². The van der Waals surface area contributed by atoms with Gasteiger partial charge in [0.15, 0.2) is 7.29 Å². The third kappa shape index (κ3) is 4.05. The lowest BCUT2D eigenvalue weighted by Gasteiger charge is -2.23. The van der Waals surface area contributed by atoms with Crippen molar-refractivity contribution in [2.75, 3.05) is 6.54 Å². The van der Waals surface area contributed by atoms with Crippen LogP contribution in [0.2, 0.25) is 0 Å². The Labute approximate surface area is 143 Å². The molecule has 1 aliphatic rings. The van der Waals surface area contributed by atoms with Gasteiger partial charge in [0.1, 0.15) is 11.5 Å². The molecule has 3 rings (SSSR count). The number of nitrogens with one attached hydrogen (secondary N) is 1. The van der Waals surface area contributed by atoms with Crippen LogP contribution in [0, 0.1) is 0 Å². The first-order valence-electron chi connectivity index (χ1n) is 8.29. The number of hydrogen-bond donors (Lipinski definition) is 1. The zero-order chi connectivity index (χ0) is 16.8. The van der Waals surface area contributed by atoms with Gasteiger partial charge >= 0.3 is 0 Å². The largest absolute Gasteiger partial charge is 0.456 e. The quantitative estimate of drug-likeness (QED) is 0.543. The van der Waals surface area contributed by atoms with Crippen molar-refractivity contribution in [3.05, 3.63) is 83.4 Å². The lowest BCUT2D eigenvalue weighted by Crippen LogP contribution is -2.12. The van der Waals surface area contributed by atoms with E-state index in [1.807, 2.05) is 60.7 Å². The molecule has 0 aromatic heterocycles. The second-order valence-electron chi connectivity index (χ2n) is 5.79. The van der Waals surface area contributed by atoms with E-state index >= 15 is 0 Å². The number of rotatable bonds is 6. The van der Waals surface area contributed by atoms with Crippen LogP contribution >= 0.6 is 7.29 Å². The van der Waals surface area contributed by atoms with Gasteiger partial charge in [-0.05, 0) is 6.42 Å². The normalized spacial score (nSPS) is 16.0. The summed E-state index contributed by atoms with van der Waals surface area (Å²) in [6.07, 6.45) is 2.06. The fourth-order valence-electron chi connectivity index (χ4n) is 2.55. The third-order valence-corrected chi connectivity index (χ3v) is 5.80. The van der Waals surface area contributed by atoms with E-state index in [1.54, 1.807) is 11.6 Å². The molecule has 0 unspecified atom stereocenters. The van der Waals surface area contributed by atoms with Crippen LogP contribution in [0.25, 0.3) is 11.5 Å². The van der Waals surface area contributed by atoms with Crippen LogP contribution in [0.3, 0.4) is 0 Å². The first-order valence-corrected chi connectivity index (χ1v) is 10.1. The molecule has 0 fully saturated rings. The highest BCUT2D eigenvalue weighted by Gasteiger charge is 2.26. The Balaban J connectivity index is 1.96. The minimum absolute atomic E-state index is 0.643. The van der Waals surface area contributed by atoms with E-state index in [-0.39, 0.29) is 0 Å². The molecule has 1 aliphatic heterocycles. The van der Waals surface area contributed by atoms with Crippen LogP contribution in [-0.4, -0.2) is 6.54 Å². The van der Waals surface area contributed by atoms with Gasteiger partial charge in [0.25, 0.3) is 0 Å². The molecule has 0 bridgehead atoms. The third-order valence-electron chi connectivity index (χ3n) is 3.84. The molecule has 0 radical (unpaired) electrons. The fraction of sp³-hybridized carbons (Fsp3) is 0.200. The topological polar surface area (TPSA) is 38.3 Å². The summed E-state index contributed by atoms with van der Waals surface area (Å²) < 4.78 is 19.4. The Morgan fingerprint density at radius 3 is 1.83 bits per heavy atom. The van der Waals surface area contributed by atoms with Gasteiger partial charge in [-0.3, -0.25) is 9.65 Å². The molecule has 0 saturated carbocycles. The van der Waals surface area contributed by atoms with E-state index < -0.39 is 7.29 Å². The first kappa shape index (κ1) is 16.8. The predicted octanol–water partition coefficient (Wildman–Crippen LogP) is 5.68. The van der Waals surface area contributed by atoms with Crippen molar-refractivity contribution in [3.63, 3.8) is 0 Å². The summed E-state index contributed by atoms with van der Waals surface area (Å²) in [5, 5.41) is 3.22. The molecule has 0 atom stereocenters. The summed E-state index contributed by atoms with van der Waals surface area (Å²) in [7, 11) is -2.79. The summed E-state index contributed by atoms with van der Waals surface area (Å²) in [6, 6.07) is 19.6. The Morgan fingerprint density at radius 2 is 1.38 bits per heavy atom. The number of unbranched alkanes of at least 4 members (excludes halogenated alkanes) is 1. The molecule has 0 spiro atoms. The molecule has 4 heteroatoms. The van der Waals surface area contributed by atoms with Crippen molar-refractivity contribution in [3.8, 4) is 0 Å². The summed E-state index contributed by atoms with van der Waals surface area (Å²) in [6.45, 7) is 2.85. The van der Waals surface area contributed by atoms with Crippen molar-refractivity contribution < 1.29 is 9.30 Å². The number of ether oxygens (including phenoxy) is 1. The van der Waals surface area contributed by atoms with E-state index in [9.17, 15) is 4.57 Å². The van der Waals surface area contributed by atoms with E-state index in [2.05, 4.69) is 12.0 Å². The van der Waals surface area contributed by atoms with Crippen LogP contribution in [0.1, 0.15) is 30.9 Å². The highest BCUT2D eigenvalue weighted by atomic mass is 31.2. The van der Waals surface area contributed by atoms with E-state index in [1.165, 1.54) is 0 Å². The maximum atomic E-state index is 13.3. The second kappa shape index (κ2) is 7.65. The highest BCUT2D eigenvalue weighted by molar-refractivity contribution is 7.68. The summed E-state index contributed by atoms with van der Waals surface area (Å²) in [4.78, 5) is 0. The first-order chi connectivity index (χ1) is 11.7. The number of hydrogen-bond acceptors (Lipinski definition) is 2. The lowest BCUT2D eigenvalue weighted by molar-refractivity contribution is 0.468. The summed E-state index contributed by atoms with van der Waals surface area (Å²) >= 11 is 0. The van der Waals surface area contributed by atoms with Gasteiger partial charge in [-0.15, -0.1) is 0 Å². The molecule has 3 nitrogen and oxygen atoms in total. The molecule has 0 aliphatic carbocycles. The summed E-state index contributed by atoms with van der Waals surface area (Å²) in [5.41, 5.74) is 1.85. The monoisotopic (exact) mass is 339 g/mol.